The molecule has 0 radical (unpaired) electrons. The number of halogens is 1. The maximum atomic E-state index is 5.74. The van der Waals surface area contributed by atoms with Crippen molar-refractivity contribution in [1.29, 1.82) is 0 Å². The standard InChI is InChI=1S/C16H26BrNO3/c1-5-20-15-9-13(11-18-10-12(2)3)8-14(17)16(15)21-7-6-19-4/h8-9,12,18H,5-7,10-11H2,1-4H3. The third-order valence-corrected chi connectivity index (χ3v) is 3.37. The molecule has 0 aromatic heterocycles. The molecule has 0 saturated carbocycles. The first-order valence-electron chi connectivity index (χ1n) is 7.36. The van der Waals surface area contributed by atoms with Crippen LogP contribution in [0.5, 0.6) is 11.5 Å². The Morgan fingerprint density at radius 1 is 1.19 bits per heavy atom. The highest BCUT2D eigenvalue weighted by Gasteiger charge is 2.12. The molecule has 120 valence electrons. The number of methoxy groups -OCH3 is 1. The highest BCUT2D eigenvalue weighted by atomic mass is 79.9. The SMILES string of the molecule is CCOc1cc(CNCC(C)C)cc(Br)c1OCCOC. The second-order valence-electron chi connectivity index (χ2n) is 5.20. The molecule has 0 saturated heterocycles. The van der Waals surface area contributed by atoms with E-state index in [1.54, 1.807) is 7.11 Å². The Balaban J connectivity index is 2.79. The first-order valence-corrected chi connectivity index (χ1v) is 8.15. The topological polar surface area (TPSA) is 39.7 Å². The van der Waals surface area contributed by atoms with E-state index in [0.29, 0.717) is 25.7 Å². The van der Waals surface area contributed by atoms with Gasteiger partial charge in [0.25, 0.3) is 0 Å². The van der Waals surface area contributed by atoms with Crippen LogP contribution in [-0.2, 0) is 11.3 Å². The minimum absolute atomic E-state index is 0.500. The molecule has 0 fully saturated rings. The fourth-order valence-corrected chi connectivity index (χ4v) is 2.46. The van der Waals surface area contributed by atoms with Crippen molar-refractivity contribution in [3.8, 4) is 11.5 Å². The lowest BCUT2D eigenvalue weighted by Gasteiger charge is -2.16. The van der Waals surface area contributed by atoms with Gasteiger partial charge in [-0.2, -0.15) is 0 Å². The second-order valence-corrected chi connectivity index (χ2v) is 6.06. The first-order chi connectivity index (χ1) is 10.1. The molecule has 1 N–H and O–H groups in total. The van der Waals surface area contributed by atoms with Crippen molar-refractivity contribution in [3.05, 3.63) is 22.2 Å². The third kappa shape index (κ3) is 6.68. The van der Waals surface area contributed by atoms with E-state index in [2.05, 4.69) is 41.2 Å². The molecule has 0 bridgehead atoms. The van der Waals surface area contributed by atoms with Crippen LogP contribution in [-0.4, -0.2) is 33.5 Å². The van der Waals surface area contributed by atoms with Crippen molar-refractivity contribution >= 4 is 15.9 Å². The summed E-state index contributed by atoms with van der Waals surface area (Å²) in [6, 6.07) is 4.10. The molecule has 0 aliphatic rings. The summed E-state index contributed by atoms with van der Waals surface area (Å²) in [6.45, 7) is 9.83. The van der Waals surface area contributed by atoms with Crippen molar-refractivity contribution in [2.45, 2.75) is 27.3 Å². The van der Waals surface area contributed by atoms with Crippen LogP contribution >= 0.6 is 15.9 Å². The van der Waals surface area contributed by atoms with Gasteiger partial charge < -0.3 is 19.5 Å². The molecule has 0 atom stereocenters. The number of hydrogen-bond donors (Lipinski definition) is 1. The summed E-state index contributed by atoms with van der Waals surface area (Å²) >= 11 is 3.57. The lowest BCUT2D eigenvalue weighted by atomic mass is 10.2. The molecular weight excluding hydrogens is 334 g/mol. The zero-order chi connectivity index (χ0) is 15.7. The van der Waals surface area contributed by atoms with E-state index in [1.165, 1.54) is 5.56 Å². The van der Waals surface area contributed by atoms with Gasteiger partial charge in [0.15, 0.2) is 11.5 Å². The van der Waals surface area contributed by atoms with Gasteiger partial charge in [-0.15, -0.1) is 0 Å². The number of hydrogen-bond acceptors (Lipinski definition) is 4. The van der Waals surface area contributed by atoms with Gasteiger partial charge in [0, 0.05) is 13.7 Å². The van der Waals surface area contributed by atoms with Crippen molar-refractivity contribution in [1.82, 2.24) is 5.32 Å². The van der Waals surface area contributed by atoms with E-state index in [1.807, 2.05) is 13.0 Å². The van der Waals surface area contributed by atoms with Crippen LogP contribution < -0.4 is 14.8 Å². The Morgan fingerprint density at radius 3 is 2.57 bits per heavy atom. The molecule has 0 aliphatic heterocycles. The van der Waals surface area contributed by atoms with Crippen LogP contribution in [0.3, 0.4) is 0 Å². The summed E-state index contributed by atoms with van der Waals surface area (Å²) in [4.78, 5) is 0. The number of ether oxygens (including phenoxy) is 3. The van der Waals surface area contributed by atoms with Gasteiger partial charge in [0.1, 0.15) is 6.61 Å². The molecule has 0 unspecified atom stereocenters. The van der Waals surface area contributed by atoms with Gasteiger partial charge in [-0.05, 0) is 53.0 Å². The second kappa shape index (κ2) is 10.0. The van der Waals surface area contributed by atoms with Crippen molar-refractivity contribution in [2.75, 3.05) is 33.5 Å². The van der Waals surface area contributed by atoms with Crippen molar-refractivity contribution in [2.24, 2.45) is 5.92 Å². The highest BCUT2D eigenvalue weighted by Crippen LogP contribution is 2.36. The van der Waals surface area contributed by atoms with Gasteiger partial charge in [-0.25, -0.2) is 0 Å². The maximum absolute atomic E-state index is 5.74. The Bertz CT molecular complexity index is 424. The zero-order valence-corrected chi connectivity index (χ0v) is 15.0. The van der Waals surface area contributed by atoms with Crippen LogP contribution in [0.4, 0.5) is 0 Å². The van der Waals surface area contributed by atoms with Gasteiger partial charge in [0.05, 0.1) is 17.7 Å². The van der Waals surface area contributed by atoms with E-state index in [-0.39, 0.29) is 0 Å². The normalized spacial score (nSPS) is 11.0. The Hall–Kier alpha value is -0.780. The van der Waals surface area contributed by atoms with E-state index in [0.717, 1.165) is 29.1 Å². The molecule has 0 amide bonds. The van der Waals surface area contributed by atoms with E-state index in [9.17, 15) is 0 Å². The van der Waals surface area contributed by atoms with E-state index < -0.39 is 0 Å². The molecule has 4 nitrogen and oxygen atoms in total. The molecule has 21 heavy (non-hydrogen) atoms. The monoisotopic (exact) mass is 359 g/mol. The van der Waals surface area contributed by atoms with Crippen molar-refractivity contribution < 1.29 is 14.2 Å². The molecule has 0 aliphatic carbocycles. The Labute approximate surface area is 136 Å². The fourth-order valence-electron chi connectivity index (χ4n) is 1.86. The molecule has 5 heteroatoms. The van der Waals surface area contributed by atoms with Crippen LogP contribution in [0.1, 0.15) is 26.3 Å². The lowest BCUT2D eigenvalue weighted by Crippen LogP contribution is -2.19. The Morgan fingerprint density at radius 2 is 1.95 bits per heavy atom. The zero-order valence-electron chi connectivity index (χ0n) is 13.4. The largest absolute Gasteiger partial charge is 0.490 e. The Kier molecular flexibility index (Phi) is 8.73. The van der Waals surface area contributed by atoms with Gasteiger partial charge in [-0.3, -0.25) is 0 Å². The third-order valence-electron chi connectivity index (χ3n) is 2.78. The van der Waals surface area contributed by atoms with E-state index >= 15 is 0 Å². The predicted octanol–water partition coefficient (Wildman–Crippen LogP) is 3.62. The van der Waals surface area contributed by atoms with Crippen molar-refractivity contribution in [3.63, 3.8) is 0 Å². The highest BCUT2D eigenvalue weighted by molar-refractivity contribution is 9.10. The fraction of sp³-hybridized carbons (Fsp3) is 0.625. The molecule has 1 rings (SSSR count). The number of benzene rings is 1. The smallest absolute Gasteiger partial charge is 0.175 e. The summed E-state index contributed by atoms with van der Waals surface area (Å²) < 4.78 is 17.4. The summed E-state index contributed by atoms with van der Waals surface area (Å²) in [5.41, 5.74) is 1.17. The summed E-state index contributed by atoms with van der Waals surface area (Å²) in [5, 5.41) is 3.43. The molecule has 0 heterocycles. The van der Waals surface area contributed by atoms with Crippen LogP contribution in [0.15, 0.2) is 16.6 Å². The lowest BCUT2D eigenvalue weighted by molar-refractivity contribution is 0.143. The van der Waals surface area contributed by atoms with Gasteiger partial charge in [0.2, 0.25) is 0 Å². The minimum Gasteiger partial charge on any atom is -0.490 e. The predicted molar refractivity (Wildman–Crippen MR) is 89.2 cm³/mol. The molecule has 1 aromatic carbocycles. The molecule has 1 aromatic rings. The molecular formula is C16H26BrNO3. The number of rotatable bonds is 10. The average Bonchev–Trinajstić information content (AvgIpc) is 2.42. The van der Waals surface area contributed by atoms with Crippen LogP contribution in [0.2, 0.25) is 0 Å². The van der Waals surface area contributed by atoms with Gasteiger partial charge in [-0.1, -0.05) is 13.8 Å². The summed E-state index contributed by atoms with van der Waals surface area (Å²) in [7, 11) is 1.66. The van der Waals surface area contributed by atoms with Crippen LogP contribution in [0, 0.1) is 5.92 Å². The average molecular weight is 360 g/mol. The van der Waals surface area contributed by atoms with Gasteiger partial charge >= 0.3 is 0 Å². The maximum Gasteiger partial charge on any atom is 0.175 e. The minimum atomic E-state index is 0.500. The molecule has 0 spiro atoms. The van der Waals surface area contributed by atoms with Crippen LogP contribution in [0.25, 0.3) is 0 Å². The quantitative estimate of drug-likeness (QED) is 0.647. The number of nitrogens with one attached hydrogen (secondary N) is 1. The summed E-state index contributed by atoms with van der Waals surface area (Å²) in [5.74, 6) is 2.14. The first kappa shape index (κ1) is 18.3. The summed E-state index contributed by atoms with van der Waals surface area (Å²) in [6.07, 6.45) is 0. The van der Waals surface area contributed by atoms with E-state index in [4.69, 9.17) is 14.2 Å².